The van der Waals surface area contributed by atoms with Crippen molar-refractivity contribution in [3.63, 3.8) is 0 Å². The van der Waals surface area contributed by atoms with Crippen molar-refractivity contribution in [3.8, 4) is 0 Å². The fraction of sp³-hybridized carbons (Fsp3) is 0.718. The molecule has 1 amide bonds. The average Bonchev–Trinajstić information content (AvgIpc) is 3.44. The summed E-state index contributed by atoms with van der Waals surface area (Å²) >= 11 is 0. The van der Waals surface area contributed by atoms with E-state index in [1.54, 1.807) is 0 Å². The normalized spacial score (nSPS) is 14.3. The molecule has 3 unspecified atom stereocenters. The molecule has 0 bridgehead atoms. The fourth-order valence-corrected chi connectivity index (χ4v) is 9.83. The molecule has 0 aliphatic carbocycles. The summed E-state index contributed by atoms with van der Waals surface area (Å²) in [4.78, 5) is 37.8. The average molecular weight is 1150 g/mol. The fourth-order valence-electron chi connectivity index (χ4n) is 9.09. The Morgan fingerprint density at radius 3 is 1.22 bits per heavy atom. The smallest absolute Gasteiger partial charge is 0.456 e. The molecule has 9 nitrogen and oxygen atoms in total. The second-order valence-electron chi connectivity index (χ2n) is 23.3. The molecule has 10 heteroatoms. The molecule has 0 aliphatic heterocycles. The number of amides is 1. The van der Waals surface area contributed by atoms with Gasteiger partial charge in [-0.25, -0.2) is 4.57 Å². The molecule has 0 aromatic rings. The van der Waals surface area contributed by atoms with Gasteiger partial charge in [0.25, 0.3) is 0 Å². The van der Waals surface area contributed by atoms with E-state index >= 15 is 0 Å². The van der Waals surface area contributed by atoms with Crippen LogP contribution in [0.5, 0.6) is 0 Å². The van der Waals surface area contributed by atoms with Gasteiger partial charge in [-0.1, -0.05) is 259 Å². The SMILES string of the molecule is CC/C=C\C/C=C\C/C=C\C/C=C\C/C=C\C/C=C\CCCCC(=O)OC(/C=C/CCCCCCCCCCCCC)C(COP(=O)(O)OCC[N+](C)(C)C)NC(=O)CCCCCCCCCCCCC/C=C\C/C=C\CCCCC. The zero-order valence-electron chi connectivity index (χ0n) is 53.2. The lowest BCUT2D eigenvalue weighted by molar-refractivity contribution is -0.870. The van der Waals surface area contributed by atoms with Crippen LogP contribution < -0.4 is 5.32 Å². The Labute approximate surface area is 500 Å². The molecule has 0 saturated carbocycles. The Bertz CT molecular complexity index is 1750. The maximum absolute atomic E-state index is 13.6. The molecule has 0 radical (unpaired) electrons. The van der Waals surface area contributed by atoms with Gasteiger partial charge in [0.1, 0.15) is 19.3 Å². The number of hydrogen-bond donors (Lipinski definition) is 2. The van der Waals surface area contributed by atoms with Crippen molar-refractivity contribution in [2.75, 3.05) is 40.9 Å². The number of nitrogens with zero attached hydrogens (tertiary/aromatic N) is 1. The Kier molecular flexibility index (Phi) is 57.4. The number of unbranched alkanes of at least 4 members (excludes halogenated alkanes) is 27. The highest BCUT2D eigenvalue weighted by Gasteiger charge is 2.30. The van der Waals surface area contributed by atoms with Gasteiger partial charge >= 0.3 is 13.8 Å². The standard InChI is InChI=1S/C71H125N2O7P/c1-7-10-13-16-19-22-25-28-30-32-34-36-38-40-42-45-48-51-54-57-60-63-70(74)72-68(67-79-81(76,77)78-66-65-73(4,5)6)69(62-59-56-53-50-47-44-27-24-21-18-15-12-9-3)80-71(75)64-61-58-55-52-49-46-43-41-39-37-35-33-31-29-26-23-20-17-14-11-8-2/h11,14,19-20,22-23,28-31,35,37,41,43,49,52,59,62,68-69H,7-10,12-13,15-18,21,24-27,32-34,36,38-40,42,44-48,50-51,53-58,60-61,63-67H2,1-6H3,(H-,72,74,76,77)/p+1/b14-11-,22-19-,23-20-,30-28-,31-29-,37-35-,43-41-,52-49-,62-59+. The van der Waals surface area contributed by atoms with E-state index in [0.29, 0.717) is 23.9 Å². The third kappa shape index (κ3) is 61.1. The highest BCUT2D eigenvalue weighted by atomic mass is 31.2. The van der Waals surface area contributed by atoms with Gasteiger partial charge in [-0.15, -0.1) is 0 Å². The van der Waals surface area contributed by atoms with Crippen molar-refractivity contribution < 1.29 is 37.3 Å². The second kappa shape index (κ2) is 59.8. The number of hydrogen-bond acceptors (Lipinski definition) is 6. The first-order valence-corrected chi connectivity index (χ1v) is 34.7. The lowest BCUT2D eigenvalue weighted by atomic mass is 10.0. The van der Waals surface area contributed by atoms with Gasteiger partial charge in [-0.2, -0.15) is 0 Å². The first kappa shape index (κ1) is 77.7. The van der Waals surface area contributed by atoms with Crippen LogP contribution in [-0.2, 0) is 27.9 Å². The van der Waals surface area contributed by atoms with Gasteiger partial charge in [0.05, 0.1) is 33.8 Å². The van der Waals surface area contributed by atoms with E-state index < -0.39 is 20.0 Å². The molecule has 466 valence electrons. The minimum Gasteiger partial charge on any atom is -0.456 e. The van der Waals surface area contributed by atoms with E-state index in [4.69, 9.17) is 13.8 Å². The molecular weight excluding hydrogens is 1020 g/mol. The zero-order valence-corrected chi connectivity index (χ0v) is 54.1. The Balaban J connectivity index is 5.30. The molecule has 0 fully saturated rings. The summed E-state index contributed by atoms with van der Waals surface area (Å²) < 4.78 is 30.7. The third-order valence-corrected chi connectivity index (χ3v) is 15.2. The number of ether oxygens (including phenoxy) is 1. The van der Waals surface area contributed by atoms with Crippen LogP contribution in [0, 0.1) is 0 Å². The Hall–Kier alpha value is -3.33. The van der Waals surface area contributed by atoms with Gasteiger partial charge < -0.3 is 19.4 Å². The van der Waals surface area contributed by atoms with Crippen molar-refractivity contribution in [2.45, 2.75) is 290 Å². The minimum atomic E-state index is -4.47. The lowest BCUT2D eigenvalue weighted by Gasteiger charge is -2.27. The van der Waals surface area contributed by atoms with Gasteiger partial charge in [0, 0.05) is 12.8 Å². The third-order valence-electron chi connectivity index (χ3n) is 14.2. The number of likely N-dealkylation sites (N-methyl/N-ethyl adjacent to an activating group) is 1. The van der Waals surface area contributed by atoms with E-state index in [-0.39, 0.29) is 31.5 Å². The Morgan fingerprint density at radius 2 is 0.790 bits per heavy atom. The number of phosphoric acid groups is 1. The summed E-state index contributed by atoms with van der Waals surface area (Å²) in [5, 5.41) is 3.05. The zero-order chi connectivity index (χ0) is 59.3. The molecule has 0 aliphatic rings. The molecule has 0 saturated heterocycles. The van der Waals surface area contributed by atoms with Crippen LogP contribution in [0.1, 0.15) is 278 Å². The van der Waals surface area contributed by atoms with E-state index in [1.165, 1.54) is 141 Å². The van der Waals surface area contributed by atoms with Gasteiger partial charge in [-0.05, 0) is 115 Å². The molecule has 0 rings (SSSR count). The number of carbonyl (C=O) groups is 2. The number of quaternary nitrogens is 1. The van der Waals surface area contributed by atoms with Crippen LogP contribution in [0.25, 0.3) is 0 Å². The number of nitrogens with one attached hydrogen (secondary N) is 1. The van der Waals surface area contributed by atoms with Crippen LogP contribution in [0.2, 0.25) is 0 Å². The van der Waals surface area contributed by atoms with Crippen LogP contribution in [0.3, 0.4) is 0 Å². The predicted molar refractivity (Wildman–Crippen MR) is 350 cm³/mol. The number of carbonyl (C=O) groups excluding carboxylic acids is 2. The van der Waals surface area contributed by atoms with Crippen molar-refractivity contribution in [1.82, 2.24) is 5.32 Å². The predicted octanol–water partition coefficient (Wildman–Crippen LogP) is 20.9. The summed E-state index contributed by atoms with van der Waals surface area (Å²) in [6.45, 7) is 6.85. The summed E-state index contributed by atoms with van der Waals surface area (Å²) in [6, 6.07) is -0.875. The molecule has 81 heavy (non-hydrogen) atoms. The van der Waals surface area contributed by atoms with Crippen LogP contribution >= 0.6 is 7.82 Å². The topological polar surface area (TPSA) is 111 Å². The molecule has 0 aromatic carbocycles. The van der Waals surface area contributed by atoms with Crippen molar-refractivity contribution in [3.05, 3.63) is 109 Å². The van der Waals surface area contributed by atoms with Crippen molar-refractivity contribution in [1.29, 1.82) is 0 Å². The minimum absolute atomic E-state index is 0.0279. The maximum Gasteiger partial charge on any atom is 0.472 e. The van der Waals surface area contributed by atoms with E-state index in [1.807, 2.05) is 33.3 Å². The molecule has 0 spiro atoms. The largest absolute Gasteiger partial charge is 0.472 e. The first-order valence-electron chi connectivity index (χ1n) is 33.2. The number of esters is 1. The summed E-state index contributed by atoms with van der Waals surface area (Å²) in [7, 11) is 1.46. The van der Waals surface area contributed by atoms with Crippen LogP contribution in [0.15, 0.2) is 109 Å². The van der Waals surface area contributed by atoms with Crippen LogP contribution in [0.4, 0.5) is 0 Å². The Morgan fingerprint density at radius 1 is 0.444 bits per heavy atom. The summed E-state index contributed by atoms with van der Waals surface area (Å²) in [6.07, 6.45) is 82.3. The van der Waals surface area contributed by atoms with Crippen molar-refractivity contribution >= 4 is 19.7 Å². The van der Waals surface area contributed by atoms with E-state index in [9.17, 15) is 19.0 Å². The molecule has 0 aromatic heterocycles. The quantitative estimate of drug-likeness (QED) is 0.0205. The van der Waals surface area contributed by atoms with Gasteiger partial charge in [-0.3, -0.25) is 18.6 Å². The molecule has 0 heterocycles. The number of phosphoric ester groups is 1. The van der Waals surface area contributed by atoms with Gasteiger partial charge in [0.2, 0.25) is 5.91 Å². The lowest BCUT2D eigenvalue weighted by Crippen LogP contribution is -2.47. The monoisotopic (exact) mass is 1150 g/mol. The highest BCUT2D eigenvalue weighted by Crippen LogP contribution is 2.43. The van der Waals surface area contributed by atoms with Crippen LogP contribution in [-0.4, -0.2) is 74.3 Å². The van der Waals surface area contributed by atoms with E-state index in [2.05, 4.69) is 123 Å². The second-order valence-corrected chi connectivity index (χ2v) is 24.7. The molecule has 2 N–H and O–H groups in total. The van der Waals surface area contributed by atoms with Gasteiger partial charge in [0.15, 0.2) is 0 Å². The summed E-state index contributed by atoms with van der Waals surface area (Å²) in [5.41, 5.74) is 0. The summed E-state index contributed by atoms with van der Waals surface area (Å²) in [5.74, 6) is -0.559. The van der Waals surface area contributed by atoms with E-state index in [0.717, 1.165) is 96.3 Å². The maximum atomic E-state index is 13.6. The number of allylic oxidation sites excluding steroid dienone is 17. The van der Waals surface area contributed by atoms with Crippen molar-refractivity contribution in [2.24, 2.45) is 0 Å². The number of rotatable bonds is 59. The first-order chi connectivity index (χ1) is 39.4. The molecule has 3 atom stereocenters. The molecular formula is C71H126N2O7P+. The highest BCUT2D eigenvalue weighted by molar-refractivity contribution is 7.47.